The molecule has 1 atom stereocenters. The van der Waals surface area contributed by atoms with Crippen molar-refractivity contribution in [2.24, 2.45) is 11.7 Å². The first-order chi connectivity index (χ1) is 8.69. The van der Waals surface area contributed by atoms with Crippen molar-refractivity contribution < 1.29 is 8.42 Å². The van der Waals surface area contributed by atoms with Crippen LogP contribution in [-0.2, 0) is 16.6 Å². The summed E-state index contributed by atoms with van der Waals surface area (Å²) in [5.41, 5.74) is 5.41. The van der Waals surface area contributed by atoms with Crippen molar-refractivity contribution in [3.8, 4) is 0 Å². The van der Waals surface area contributed by atoms with Crippen molar-refractivity contribution in [2.45, 2.75) is 45.3 Å². The SMILES string of the molecule is CCn1cc(S(=O)(=O)NC(C(=N)N)C(C)C)nc1C. The molecular formula is C11H21N5O2S. The summed E-state index contributed by atoms with van der Waals surface area (Å²) in [4.78, 5) is 4.03. The molecule has 0 bridgehead atoms. The van der Waals surface area contributed by atoms with Crippen molar-refractivity contribution in [1.82, 2.24) is 14.3 Å². The fourth-order valence-electron chi connectivity index (χ4n) is 1.72. The van der Waals surface area contributed by atoms with E-state index >= 15 is 0 Å². The fourth-order valence-corrected chi connectivity index (χ4v) is 3.09. The van der Waals surface area contributed by atoms with E-state index in [1.165, 1.54) is 6.20 Å². The predicted molar refractivity (Wildman–Crippen MR) is 73.5 cm³/mol. The standard InChI is InChI=1S/C11H21N5O2S/c1-5-16-6-9(14-8(16)4)19(17,18)15-10(7(2)3)11(12)13/h6-7,10,15H,5H2,1-4H3,(H3,12,13). The molecule has 4 N–H and O–H groups in total. The summed E-state index contributed by atoms with van der Waals surface area (Å²) in [5, 5.41) is 7.39. The molecule has 0 fully saturated rings. The van der Waals surface area contributed by atoms with E-state index < -0.39 is 16.1 Å². The van der Waals surface area contributed by atoms with Crippen LogP contribution < -0.4 is 10.5 Å². The average molecular weight is 287 g/mol. The Kier molecular flexibility index (Phi) is 4.70. The van der Waals surface area contributed by atoms with Gasteiger partial charge in [-0.3, -0.25) is 5.41 Å². The molecule has 0 saturated heterocycles. The number of hydrogen-bond acceptors (Lipinski definition) is 4. The van der Waals surface area contributed by atoms with Crippen LogP contribution in [0.3, 0.4) is 0 Å². The maximum absolute atomic E-state index is 12.2. The van der Waals surface area contributed by atoms with Crippen LogP contribution in [-0.4, -0.2) is 29.8 Å². The molecule has 0 spiro atoms. The van der Waals surface area contributed by atoms with Gasteiger partial charge in [-0.05, 0) is 19.8 Å². The molecule has 8 heteroatoms. The third-order valence-corrected chi connectivity index (χ3v) is 4.17. The minimum Gasteiger partial charge on any atom is -0.386 e. The Labute approximate surface area is 113 Å². The zero-order valence-electron chi connectivity index (χ0n) is 11.6. The molecule has 0 aliphatic heterocycles. The Morgan fingerprint density at radius 3 is 2.53 bits per heavy atom. The smallest absolute Gasteiger partial charge is 0.260 e. The number of aryl methyl sites for hydroxylation is 2. The highest BCUT2D eigenvalue weighted by Gasteiger charge is 2.26. The first-order valence-electron chi connectivity index (χ1n) is 6.09. The second-order valence-corrected chi connectivity index (χ2v) is 6.37. The number of sulfonamides is 1. The number of imidazole rings is 1. The van der Waals surface area contributed by atoms with Gasteiger partial charge in [0.1, 0.15) is 11.7 Å². The molecule has 19 heavy (non-hydrogen) atoms. The summed E-state index contributed by atoms with van der Waals surface area (Å²) in [6, 6.07) is -0.725. The fraction of sp³-hybridized carbons (Fsp3) is 0.636. The average Bonchev–Trinajstić information content (AvgIpc) is 2.67. The van der Waals surface area contributed by atoms with Gasteiger partial charge in [-0.1, -0.05) is 13.8 Å². The van der Waals surface area contributed by atoms with E-state index in [1.54, 1.807) is 25.3 Å². The normalized spacial score (nSPS) is 13.7. The number of rotatable bonds is 6. The van der Waals surface area contributed by atoms with Crippen LogP contribution in [0.5, 0.6) is 0 Å². The summed E-state index contributed by atoms with van der Waals surface area (Å²) in [7, 11) is -3.76. The maximum Gasteiger partial charge on any atom is 0.260 e. The minimum absolute atomic E-state index is 0.0428. The van der Waals surface area contributed by atoms with Crippen LogP contribution in [0, 0.1) is 18.3 Å². The Morgan fingerprint density at radius 1 is 1.58 bits per heavy atom. The molecule has 0 aromatic carbocycles. The highest BCUT2D eigenvalue weighted by Crippen LogP contribution is 2.12. The summed E-state index contributed by atoms with van der Waals surface area (Å²) >= 11 is 0. The lowest BCUT2D eigenvalue weighted by molar-refractivity contribution is 0.520. The molecule has 1 unspecified atom stereocenters. The first kappa shape index (κ1) is 15.6. The molecule has 0 amide bonds. The van der Waals surface area contributed by atoms with Gasteiger partial charge in [-0.15, -0.1) is 0 Å². The summed E-state index contributed by atoms with van der Waals surface area (Å²) < 4.78 is 28.6. The van der Waals surface area contributed by atoms with Crippen molar-refractivity contribution in [3.63, 3.8) is 0 Å². The van der Waals surface area contributed by atoms with Crippen LogP contribution in [0.25, 0.3) is 0 Å². The largest absolute Gasteiger partial charge is 0.386 e. The van der Waals surface area contributed by atoms with E-state index in [4.69, 9.17) is 11.1 Å². The second-order valence-electron chi connectivity index (χ2n) is 4.71. The zero-order chi connectivity index (χ0) is 14.8. The Hall–Kier alpha value is -1.41. The third-order valence-electron chi connectivity index (χ3n) is 2.85. The van der Waals surface area contributed by atoms with Crippen LogP contribution in [0.2, 0.25) is 0 Å². The molecular weight excluding hydrogens is 266 g/mol. The van der Waals surface area contributed by atoms with Gasteiger partial charge in [0.15, 0.2) is 5.03 Å². The molecule has 0 saturated carbocycles. The van der Waals surface area contributed by atoms with Gasteiger partial charge < -0.3 is 10.3 Å². The van der Waals surface area contributed by atoms with Crippen LogP contribution in [0.4, 0.5) is 0 Å². The number of hydrogen-bond donors (Lipinski definition) is 3. The van der Waals surface area contributed by atoms with Gasteiger partial charge in [0.25, 0.3) is 10.0 Å². The number of nitrogens with zero attached hydrogens (tertiary/aromatic N) is 2. The monoisotopic (exact) mass is 287 g/mol. The lowest BCUT2D eigenvalue weighted by Gasteiger charge is -2.19. The second kappa shape index (κ2) is 5.70. The molecule has 0 aliphatic rings. The highest BCUT2D eigenvalue weighted by molar-refractivity contribution is 7.89. The third kappa shape index (κ3) is 3.54. The van der Waals surface area contributed by atoms with E-state index in [2.05, 4.69) is 9.71 Å². The van der Waals surface area contributed by atoms with E-state index in [0.29, 0.717) is 12.4 Å². The van der Waals surface area contributed by atoms with E-state index in [9.17, 15) is 8.42 Å². The number of aromatic nitrogens is 2. The summed E-state index contributed by atoms with van der Waals surface area (Å²) in [6.07, 6.45) is 1.48. The molecule has 1 heterocycles. The van der Waals surface area contributed by atoms with E-state index in [-0.39, 0.29) is 16.8 Å². The highest BCUT2D eigenvalue weighted by atomic mass is 32.2. The number of nitrogens with one attached hydrogen (secondary N) is 2. The molecule has 1 aromatic heterocycles. The van der Waals surface area contributed by atoms with Gasteiger partial charge in [0.05, 0.1) is 6.04 Å². The maximum atomic E-state index is 12.2. The van der Waals surface area contributed by atoms with Crippen molar-refractivity contribution in [3.05, 3.63) is 12.0 Å². The Balaban J connectivity index is 3.06. The van der Waals surface area contributed by atoms with Crippen LogP contribution in [0.1, 0.15) is 26.6 Å². The van der Waals surface area contributed by atoms with Crippen LogP contribution in [0.15, 0.2) is 11.2 Å². The van der Waals surface area contributed by atoms with Gasteiger partial charge in [0, 0.05) is 12.7 Å². The Bertz CT molecular complexity index is 562. The van der Waals surface area contributed by atoms with Gasteiger partial charge >= 0.3 is 0 Å². The Morgan fingerprint density at radius 2 is 2.16 bits per heavy atom. The van der Waals surface area contributed by atoms with Gasteiger partial charge in [0.2, 0.25) is 0 Å². The summed E-state index contributed by atoms with van der Waals surface area (Å²) in [6.45, 7) is 7.89. The molecule has 0 aliphatic carbocycles. The molecule has 108 valence electrons. The molecule has 1 aromatic rings. The summed E-state index contributed by atoms with van der Waals surface area (Å²) in [5.74, 6) is 0.318. The predicted octanol–water partition coefficient (Wildman–Crippen LogP) is 0.450. The quantitative estimate of drug-likeness (QED) is 0.520. The molecule has 1 rings (SSSR count). The zero-order valence-corrected chi connectivity index (χ0v) is 12.5. The van der Waals surface area contributed by atoms with Crippen molar-refractivity contribution in [2.75, 3.05) is 0 Å². The van der Waals surface area contributed by atoms with E-state index in [1.807, 2.05) is 6.92 Å². The molecule has 7 nitrogen and oxygen atoms in total. The number of nitrogens with two attached hydrogens (primary N) is 1. The van der Waals surface area contributed by atoms with Crippen LogP contribution >= 0.6 is 0 Å². The number of amidine groups is 1. The van der Waals surface area contributed by atoms with E-state index in [0.717, 1.165) is 0 Å². The van der Waals surface area contributed by atoms with Crippen molar-refractivity contribution >= 4 is 15.9 Å². The first-order valence-corrected chi connectivity index (χ1v) is 7.57. The molecule has 0 radical (unpaired) electrons. The van der Waals surface area contributed by atoms with Gasteiger partial charge in [-0.25, -0.2) is 13.4 Å². The minimum atomic E-state index is -3.76. The lowest BCUT2D eigenvalue weighted by atomic mass is 10.1. The van der Waals surface area contributed by atoms with Crippen molar-refractivity contribution in [1.29, 1.82) is 5.41 Å². The lowest BCUT2D eigenvalue weighted by Crippen LogP contribution is -2.47. The topological polar surface area (TPSA) is 114 Å². The van der Waals surface area contributed by atoms with Gasteiger partial charge in [-0.2, -0.15) is 4.72 Å².